The van der Waals surface area contributed by atoms with Crippen molar-refractivity contribution in [2.24, 2.45) is 5.73 Å². The average molecular weight is 380 g/mol. The highest BCUT2D eigenvalue weighted by atomic mass is 15.3. The molecule has 1 aliphatic heterocycles. The average Bonchev–Trinajstić information content (AvgIpc) is 3.10. The number of fused-ring (bicyclic) bond motifs is 1. The van der Waals surface area contributed by atoms with Crippen LogP contribution in [0.25, 0.3) is 11.2 Å². The number of nitrogens with zero attached hydrogens (tertiary/aromatic N) is 4. The van der Waals surface area contributed by atoms with Crippen LogP contribution in [0.15, 0.2) is 35.7 Å². The Hall–Kier alpha value is -2.55. The maximum Gasteiger partial charge on any atom is 0.138 e. The normalized spacial score (nSPS) is 15.6. The molecule has 5 nitrogen and oxygen atoms in total. The summed E-state index contributed by atoms with van der Waals surface area (Å²) in [5.74, 6) is 1.17. The quantitative estimate of drug-likeness (QED) is 0.652. The molecule has 28 heavy (non-hydrogen) atoms. The number of pyridine rings is 1. The van der Waals surface area contributed by atoms with Gasteiger partial charge in [0.25, 0.3) is 0 Å². The maximum atomic E-state index is 6.05. The molecule has 0 amide bonds. The van der Waals surface area contributed by atoms with Crippen LogP contribution in [-0.4, -0.2) is 47.5 Å². The second-order valence-corrected chi connectivity index (χ2v) is 7.58. The van der Waals surface area contributed by atoms with Crippen molar-refractivity contribution in [3.63, 3.8) is 0 Å². The molecular weight excluding hydrogens is 346 g/mol. The summed E-state index contributed by atoms with van der Waals surface area (Å²) in [6.07, 6.45) is 14.4. The monoisotopic (exact) mass is 379 g/mol. The standard InChI is InChI=1S/C21H31N5.C2H2/c1-15(2)10-16(3)17(4)19-14-26-20(11-18(19)12-22)23-13-21(26)25-8-6-24(5)7-9-25;1-2/h10-11,13-14H,6-9,12,22H2,1-5H3;1-2H/b17-16+;. The summed E-state index contributed by atoms with van der Waals surface area (Å²) < 4.78 is 2.22. The third-order valence-corrected chi connectivity index (χ3v) is 5.26. The van der Waals surface area contributed by atoms with Gasteiger partial charge in [-0.1, -0.05) is 11.6 Å². The minimum atomic E-state index is 0.516. The Morgan fingerprint density at radius 2 is 1.79 bits per heavy atom. The van der Waals surface area contributed by atoms with Crippen LogP contribution in [0.2, 0.25) is 0 Å². The number of aromatic nitrogens is 2. The number of hydrogen-bond donors (Lipinski definition) is 1. The van der Waals surface area contributed by atoms with Crippen LogP contribution in [0.5, 0.6) is 0 Å². The lowest BCUT2D eigenvalue weighted by Gasteiger charge is -2.33. The van der Waals surface area contributed by atoms with E-state index in [1.54, 1.807) is 0 Å². The van der Waals surface area contributed by atoms with Crippen molar-refractivity contribution in [2.45, 2.75) is 34.2 Å². The van der Waals surface area contributed by atoms with Gasteiger partial charge in [0.2, 0.25) is 0 Å². The second-order valence-electron chi connectivity index (χ2n) is 7.58. The highest BCUT2D eigenvalue weighted by molar-refractivity contribution is 5.73. The van der Waals surface area contributed by atoms with Crippen LogP contribution < -0.4 is 10.6 Å². The Labute approximate surface area is 169 Å². The van der Waals surface area contributed by atoms with E-state index in [2.05, 4.69) is 85.1 Å². The minimum Gasteiger partial charge on any atom is -0.354 e. The number of imidazole rings is 1. The van der Waals surface area contributed by atoms with Crippen LogP contribution in [-0.2, 0) is 6.54 Å². The van der Waals surface area contributed by atoms with Gasteiger partial charge in [-0.25, -0.2) is 4.98 Å². The molecule has 2 N–H and O–H groups in total. The first-order valence-corrected chi connectivity index (χ1v) is 9.70. The molecule has 3 rings (SSSR count). The smallest absolute Gasteiger partial charge is 0.138 e. The molecule has 0 aromatic carbocycles. The predicted molar refractivity (Wildman–Crippen MR) is 120 cm³/mol. The highest BCUT2D eigenvalue weighted by Gasteiger charge is 2.18. The Morgan fingerprint density at radius 3 is 2.36 bits per heavy atom. The molecule has 150 valence electrons. The highest BCUT2D eigenvalue weighted by Crippen LogP contribution is 2.27. The van der Waals surface area contributed by atoms with E-state index in [1.165, 1.54) is 28.1 Å². The summed E-state index contributed by atoms with van der Waals surface area (Å²) in [6.45, 7) is 13.4. The summed E-state index contributed by atoms with van der Waals surface area (Å²) in [5, 5.41) is 0. The van der Waals surface area contributed by atoms with Crippen LogP contribution >= 0.6 is 0 Å². The zero-order chi connectivity index (χ0) is 20.8. The Bertz CT molecular complexity index is 888. The fourth-order valence-electron chi connectivity index (χ4n) is 3.58. The molecule has 5 heteroatoms. The number of terminal acetylenes is 1. The molecule has 0 saturated carbocycles. The van der Waals surface area contributed by atoms with Crippen molar-refractivity contribution < 1.29 is 0 Å². The number of rotatable bonds is 4. The lowest BCUT2D eigenvalue weighted by molar-refractivity contribution is 0.312. The van der Waals surface area contributed by atoms with E-state index in [4.69, 9.17) is 5.73 Å². The van der Waals surface area contributed by atoms with Gasteiger partial charge in [0.05, 0.1) is 6.20 Å². The van der Waals surface area contributed by atoms with Crippen molar-refractivity contribution in [3.05, 3.63) is 46.8 Å². The van der Waals surface area contributed by atoms with E-state index in [-0.39, 0.29) is 0 Å². The topological polar surface area (TPSA) is 49.8 Å². The molecule has 1 saturated heterocycles. The van der Waals surface area contributed by atoms with Gasteiger partial charge >= 0.3 is 0 Å². The number of likely N-dealkylation sites (N-methyl/N-ethyl adjacent to an activating group) is 1. The summed E-state index contributed by atoms with van der Waals surface area (Å²) in [4.78, 5) is 9.43. The van der Waals surface area contributed by atoms with E-state index in [0.29, 0.717) is 6.54 Å². The van der Waals surface area contributed by atoms with Gasteiger partial charge in [0.1, 0.15) is 11.5 Å². The first-order valence-electron chi connectivity index (χ1n) is 9.70. The molecule has 0 bridgehead atoms. The predicted octanol–water partition coefficient (Wildman–Crippen LogP) is 3.55. The third-order valence-electron chi connectivity index (χ3n) is 5.26. The summed E-state index contributed by atoms with van der Waals surface area (Å²) >= 11 is 0. The van der Waals surface area contributed by atoms with Crippen LogP contribution in [0.4, 0.5) is 5.82 Å². The zero-order valence-electron chi connectivity index (χ0n) is 17.9. The van der Waals surface area contributed by atoms with Crippen LogP contribution in [0.3, 0.4) is 0 Å². The van der Waals surface area contributed by atoms with Gasteiger partial charge in [-0.3, -0.25) is 4.40 Å². The van der Waals surface area contributed by atoms with E-state index < -0.39 is 0 Å². The van der Waals surface area contributed by atoms with Crippen molar-refractivity contribution >= 4 is 17.0 Å². The molecule has 0 radical (unpaired) electrons. The van der Waals surface area contributed by atoms with Gasteiger partial charge in [0, 0.05) is 38.9 Å². The number of piperazine rings is 1. The molecule has 1 fully saturated rings. The summed E-state index contributed by atoms with van der Waals surface area (Å²) in [7, 11) is 2.18. The molecule has 0 unspecified atom stereocenters. The molecule has 0 aliphatic carbocycles. The third kappa shape index (κ3) is 4.64. The van der Waals surface area contributed by atoms with Crippen molar-refractivity contribution in [2.75, 3.05) is 38.1 Å². The van der Waals surface area contributed by atoms with E-state index in [9.17, 15) is 0 Å². The van der Waals surface area contributed by atoms with Crippen molar-refractivity contribution in [1.29, 1.82) is 0 Å². The van der Waals surface area contributed by atoms with Gasteiger partial charge in [-0.05, 0) is 63.1 Å². The fraction of sp³-hybridized carbons (Fsp3) is 0.435. The number of anilines is 1. The summed E-state index contributed by atoms with van der Waals surface area (Å²) in [5.41, 5.74) is 13.2. The van der Waals surface area contributed by atoms with Crippen molar-refractivity contribution in [3.8, 4) is 12.8 Å². The lowest BCUT2D eigenvalue weighted by atomic mass is 9.98. The van der Waals surface area contributed by atoms with Gasteiger partial charge in [-0.15, -0.1) is 12.8 Å². The van der Waals surface area contributed by atoms with Crippen LogP contribution in [0.1, 0.15) is 38.8 Å². The largest absolute Gasteiger partial charge is 0.354 e. The zero-order valence-corrected chi connectivity index (χ0v) is 17.9. The van der Waals surface area contributed by atoms with E-state index in [1.807, 2.05) is 6.20 Å². The van der Waals surface area contributed by atoms with Gasteiger partial charge in [0.15, 0.2) is 0 Å². The first kappa shape index (κ1) is 21.7. The molecule has 0 atom stereocenters. The maximum absolute atomic E-state index is 6.05. The van der Waals surface area contributed by atoms with Gasteiger partial charge < -0.3 is 15.5 Å². The lowest BCUT2D eigenvalue weighted by Crippen LogP contribution is -2.44. The molecular formula is C23H33N5. The Morgan fingerprint density at radius 1 is 1.14 bits per heavy atom. The SMILES string of the molecule is C#C.CC(C)=C/C(C)=C(\C)c1cn2c(N3CCN(C)CC3)cnc2cc1CN. The fourth-order valence-corrected chi connectivity index (χ4v) is 3.58. The van der Waals surface area contributed by atoms with Gasteiger partial charge in [-0.2, -0.15) is 0 Å². The molecule has 1 aliphatic rings. The number of allylic oxidation sites excluding steroid dienone is 4. The molecule has 2 aromatic heterocycles. The molecule has 0 spiro atoms. The van der Waals surface area contributed by atoms with Crippen molar-refractivity contribution in [1.82, 2.24) is 14.3 Å². The van der Waals surface area contributed by atoms with E-state index >= 15 is 0 Å². The Balaban J connectivity index is 0.00000136. The summed E-state index contributed by atoms with van der Waals surface area (Å²) in [6, 6.07) is 2.13. The Kier molecular flexibility index (Phi) is 7.45. The van der Waals surface area contributed by atoms with E-state index in [0.717, 1.165) is 37.4 Å². The number of hydrogen-bond acceptors (Lipinski definition) is 4. The van der Waals surface area contributed by atoms with Crippen LogP contribution in [0, 0.1) is 12.8 Å². The molecule has 3 heterocycles. The number of nitrogens with two attached hydrogens (primary N) is 1. The second kappa shape index (κ2) is 9.59. The minimum absolute atomic E-state index is 0.516. The first-order chi connectivity index (χ1) is 13.4. The molecule has 2 aromatic rings.